The minimum absolute atomic E-state index is 0.0373. The molecule has 0 saturated heterocycles. The molecular formula is C10H13N3OS. The highest BCUT2D eigenvalue weighted by Crippen LogP contribution is 2.13. The molecule has 4 nitrogen and oxygen atoms in total. The highest BCUT2D eigenvalue weighted by atomic mass is 32.1. The summed E-state index contributed by atoms with van der Waals surface area (Å²) in [5.74, 6) is 0.293. The molecule has 1 atom stereocenters. The molecule has 2 N–H and O–H groups in total. The van der Waals surface area contributed by atoms with Crippen molar-refractivity contribution in [2.75, 3.05) is 6.54 Å². The fourth-order valence-corrected chi connectivity index (χ4v) is 2.21. The van der Waals surface area contributed by atoms with Crippen molar-refractivity contribution < 1.29 is 0 Å². The number of rotatable bonds is 3. The van der Waals surface area contributed by atoms with E-state index < -0.39 is 0 Å². The third kappa shape index (κ3) is 1.93. The minimum atomic E-state index is 0.0373. The van der Waals surface area contributed by atoms with E-state index in [0.29, 0.717) is 19.0 Å². The van der Waals surface area contributed by atoms with Gasteiger partial charge in [-0.1, -0.05) is 6.92 Å². The summed E-state index contributed by atoms with van der Waals surface area (Å²) in [4.78, 5) is 16.2. The van der Waals surface area contributed by atoms with Gasteiger partial charge in [-0.05, 0) is 23.9 Å². The summed E-state index contributed by atoms with van der Waals surface area (Å²) >= 11 is 1.44. The molecule has 0 bridgehead atoms. The van der Waals surface area contributed by atoms with Crippen molar-refractivity contribution in [2.45, 2.75) is 13.5 Å². The first kappa shape index (κ1) is 10.3. The number of aromatic nitrogens is 2. The van der Waals surface area contributed by atoms with Gasteiger partial charge in [0, 0.05) is 6.54 Å². The average Bonchev–Trinajstić information content (AvgIpc) is 2.70. The van der Waals surface area contributed by atoms with Crippen LogP contribution in [0, 0.1) is 5.92 Å². The van der Waals surface area contributed by atoms with Gasteiger partial charge < -0.3 is 5.73 Å². The summed E-state index contributed by atoms with van der Waals surface area (Å²) in [5.41, 5.74) is 6.35. The fraction of sp³-hybridized carbons (Fsp3) is 0.400. The molecule has 0 aliphatic carbocycles. The van der Waals surface area contributed by atoms with Crippen molar-refractivity contribution in [1.29, 1.82) is 0 Å². The third-order valence-corrected chi connectivity index (χ3v) is 3.24. The van der Waals surface area contributed by atoms with Crippen LogP contribution in [0.5, 0.6) is 0 Å². The highest BCUT2D eigenvalue weighted by Gasteiger charge is 2.07. The molecule has 2 aromatic heterocycles. The molecule has 0 aromatic carbocycles. The monoisotopic (exact) mass is 223 g/mol. The first-order valence-electron chi connectivity index (χ1n) is 4.85. The summed E-state index contributed by atoms with van der Waals surface area (Å²) < 4.78 is 2.36. The normalized spacial score (nSPS) is 13.2. The number of thiophene rings is 1. The predicted octanol–water partition coefficient (Wildman–Crippen LogP) is 1.05. The molecule has 0 aliphatic heterocycles. The number of hydrogen-bond acceptors (Lipinski definition) is 4. The summed E-state index contributed by atoms with van der Waals surface area (Å²) in [7, 11) is 0. The molecule has 0 spiro atoms. The number of nitrogens with two attached hydrogens (primary N) is 1. The van der Waals surface area contributed by atoms with Gasteiger partial charge in [-0.25, -0.2) is 4.98 Å². The first-order valence-corrected chi connectivity index (χ1v) is 5.73. The van der Waals surface area contributed by atoms with Crippen LogP contribution in [0.2, 0.25) is 0 Å². The molecule has 2 rings (SSSR count). The van der Waals surface area contributed by atoms with Crippen molar-refractivity contribution in [3.8, 4) is 0 Å². The molecular weight excluding hydrogens is 210 g/mol. The summed E-state index contributed by atoms with van der Waals surface area (Å²) in [6.07, 6.45) is 1.60. The Balaban J connectivity index is 2.44. The zero-order valence-electron chi connectivity index (χ0n) is 8.51. The second-order valence-corrected chi connectivity index (χ2v) is 4.59. The molecule has 15 heavy (non-hydrogen) atoms. The Morgan fingerprint density at radius 1 is 1.67 bits per heavy atom. The lowest BCUT2D eigenvalue weighted by molar-refractivity contribution is 0.480. The second kappa shape index (κ2) is 4.12. The van der Waals surface area contributed by atoms with Crippen LogP contribution in [0.15, 0.2) is 22.6 Å². The minimum Gasteiger partial charge on any atom is -0.330 e. The Bertz CT molecular complexity index is 517. The van der Waals surface area contributed by atoms with Gasteiger partial charge in [-0.3, -0.25) is 9.36 Å². The molecule has 0 amide bonds. The van der Waals surface area contributed by atoms with Crippen LogP contribution >= 0.6 is 11.3 Å². The Hall–Kier alpha value is -1.20. The van der Waals surface area contributed by atoms with Gasteiger partial charge in [0.2, 0.25) is 0 Å². The van der Waals surface area contributed by atoms with Gasteiger partial charge in [0.05, 0.1) is 11.8 Å². The van der Waals surface area contributed by atoms with E-state index in [9.17, 15) is 4.79 Å². The Labute approximate surface area is 91.4 Å². The smallest absolute Gasteiger partial charge is 0.271 e. The Morgan fingerprint density at radius 2 is 2.47 bits per heavy atom. The largest absolute Gasteiger partial charge is 0.330 e. The van der Waals surface area contributed by atoms with Crippen molar-refractivity contribution in [3.05, 3.63) is 28.1 Å². The maximum absolute atomic E-state index is 11.9. The molecule has 2 heterocycles. The Morgan fingerprint density at radius 3 is 3.20 bits per heavy atom. The lowest BCUT2D eigenvalue weighted by Crippen LogP contribution is -2.26. The van der Waals surface area contributed by atoms with Crippen LogP contribution in [0.3, 0.4) is 0 Å². The van der Waals surface area contributed by atoms with Gasteiger partial charge >= 0.3 is 0 Å². The van der Waals surface area contributed by atoms with Crippen LogP contribution in [0.4, 0.5) is 0 Å². The third-order valence-electron chi connectivity index (χ3n) is 2.35. The molecule has 0 radical (unpaired) electrons. The molecule has 80 valence electrons. The SMILES string of the molecule is CC(CN)Cn1cnc2ccsc2c1=O. The fourth-order valence-electron chi connectivity index (χ4n) is 1.42. The van der Waals surface area contributed by atoms with E-state index in [1.807, 2.05) is 18.4 Å². The lowest BCUT2D eigenvalue weighted by Gasteiger charge is -2.09. The molecule has 2 aromatic rings. The van der Waals surface area contributed by atoms with E-state index in [2.05, 4.69) is 4.98 Å². The van der Waals surface area contributed by atoms with Gasteiger partial charge in [-0.2, -0.15) is 0 Å². The predicted molar refractivity (Wildman–Crippen MR) is 62.1 cm³/mol. The van der Waals surface area contributed by atoms with Crippen LogP contribution in [-0.2, 0) is 6.54 Å². The van der Waals surface area contributed by atoms with E-state index in [1.165, 1.54) is 11.3 Å². The van der Waals surface area contributed by atoms with Crippen molar-refractivity contribution in [3.63, 3.8) is 0 Å². The zero-order valence-corrected chi connectivity index (χ0v) is 9.33. The molecule has 0 fully saturated rings. The standard InChI is InChI=1S/C10H13N3OS/c1-7(4-11)5-13-6-12-8-2-3-15-9(8)10(13)14/h2-3,6-7H,4-5,11H2,1H3. The molecule has 5 heteroatoms. The van der Waals surface area contributed by atoms with Gasteiger partial charge in [-0.15, -0.1) is 11.3 Å². The van der Waals surface area contributed by atoms with E-state index in [-0.39, 0.29) is 5.56 Å². The summed E-state index contributed by atoms with van der Waals surface area (Å²) in [5, 5.41) is 1.88. The topological polar surface area (TPSA) is 60.9 Å². The number of fused-ring (bicyclic) bond motifs is 1. The maximum atomic E-state index is 11.9. The van der Waals surface area contributed by atoms with Gasteiger partial charge in [0.15, 0.2) is 0 Å². The molecule has 0 aliphatic rings. The van der Waals surface area contributed by atoms with Crippen LogP contribution in [0.1, 0.15) is 6.92 Å². The maximum Gasteiger partial charge on any atom is 0.271 e. The van der Waals surface area contributed by atoms with Crippen molar-refractivity contribution in [1.82, 2.24) is 9.55 Å². The quantitative estimate of drug-likeness (QED) is 0.846. The van der Waals surface area contributed by atoms with Crippen LogP contribution < -0.4 is 11.3 Å². The number of hydrogen-bond donors (Lipinski definition) is 1. The van der Waals surface area contributed by atoms with Gasteiger partial charge in [0.1, 0.15) is 4.70 Å². The lowest BCUT2D eigenvalue weighted by atomic mass is 10.2. The first-order chi connectivity index (χ1) is 7.22. The van der Waals surface area contributed by atoms with E-state index in [4.69, 9.17) is 5.73 Å². The summed E-state index contributed by atoms with van der Waals surface area (Å²) in [6.45, 7) is 3.23. The summed E-state index contributed by atoms with van der Waals surface area (Å²) in [6, 6.07) is 1.86. The highest BCUT2D eigenvalue weighted by molar-refractivity contribution is 7.17. The van der Waals surface area contributed by atoms with Crippen LogP contribution in [0.25, 0.3) is 10.2 Å². The molecule has 0 saturated carbocycles. The van der Waals surface area contributed by atoms with Gasteiger partial charge in [0.25, 0.3) is 5.56 Å². The van der Waals surface area contributed by atoms with Crippen molar-refractivity contribution in [2.24, 2.45) is 11.7 Å². The average molecular weight is 223 g/mol. The van der Waals surface area contributed by atoms with E-state index >= 15 is 0 Å². The van der Waals surface area contributed by atoms with Crippen LogP contribution in [-0.4, -0.2) is 16.1 Å². The van der Waals surface area contributed by atoms with E-state index in [1.54, 1.807) is 10.9 Å². The van der Waals surface area contributed by atoms with E-state index in [0.717, 1.165) is 10.2 Å². The second-order valence-electron chi connectivity index (χ2n) is 3.68. The Kier molecular flexibility index (Phi) is 2.83. The van der Waals surface area contributed by atoms with Crippen molar-refractivity contribution >= 4 is 21.6 Å². The molecule has 1 unspecified atom stereocenters. The number of nitrogens with zero attached hydrogens (tertiary/aromatic N) is 2. The zero-order chi connectivity index (χ0) is 10.8.